The number of benzene rings is 1. The van der Waals surface area contributed by atoms with Crippen LogP contribution < -0.4 is 10.5 Å². The van der Waals surface area contributed by atoms with Gasteiger partial charge < -0.3 is 19.9 Å². The first-order chi connectivity index (χ1) is 8.76. The minimum Gasteiger partial charge on any atom is -0.497 e. The number of hydrogen-bond donors (Lipinski definition) is 1. The third kappa shape index (κ3) is 2.83. The van der Waals surface area contributed by atoms with Crippen molar-refractivity contribution in [2.45, 2.75) is 25.0 Å². The molecule has 1 aromatic carbocycles. The molecule has 1 aliphatic carbocycles. The second kappa shape index (κ2) is 6.18. The quantitative estimate of drug-likeness (QED) is 0.809. The minimum atomic E-state index is -0.0588. The Labute approximate surface area is 108 Å². The molecule has 0 bridgehead atoms. The van der Waals surface area contributed by atoms with E-state index < -0.39 is 0 Å². The van der Waals surface area contributed by atoms with Crippen molar-refractivity contribution in [1.29, 1.82) is 0 Å². The van der Waals surface area contributed by atoms with E-state index in [2.05, 4.69) is 6.07 Å². The van der Waals surface area contributed by atoms with Crippen LogP contribution in [0, 0.1) is 0 Å². The van der Waals surface area contributed by atoms with Crippen LogP contribution in [0.3, 0.4) is 0 Å². The Bertz CT molecular complexity index is 395. The summed E-state index contributed by atoms with van der Waals surface area (Å²) in [5.41, 5.74) is 8.70. The lowest BCUT2D eigenvalue weighted by Crippen LogP contribution is -2.34. The van der Waals surface area contributed by atoms with E-state index in [0.717, 1.165) is 18.6 Å². The van der Waals surface area contributed by atoms with Crippen molar-refractivity contribution in [2.24, 2.45) is 5.73 Å². The number of fused-ring (bicyclic) bond motifs is 1. The van der Waals surface area contributed by atoms with Crippen LogP contribution in [0.25, 0.3) is 0 Å². The van der Waals surface area contributed by atoms with E-state index in [9.17, 15) is 0 Å². The smallest absolute Gasteiger partial charge is 0.119 e. The summed E-state index contributed by atoms with van der Waals surface area (Å²) < 4.78 is 16.0. The van der Waals surface area contributed by atoms with E-state index in [1.54, 1.807) is 14.2 Å². The molecule has 0 saturated heterocycles. The Morgan fingerprint density at radius 3 is 2.83 bits per heavy atom. The first-order valence-electron chi connectivity index (χ1n) is 6.29. The van der Waals surface area contributed by atoms with Gasteiger partial charge in [0.05, 0.1) is 32.5 Å². The third-order valence-electron chi connectivity index (χ3n) is 3.43. The summed E-state index contributed by atoms with van der Waals surface area (Å²) >= 11 is 0. The molecule has 0 aromatic heterocycles. The van der Waals surface area contributed by atoms with Gasteiger partial charge in [0, 0.05) is 7.11 Å². The van der Waals surface area contributed by atoms with E-state index >= 15 is 0 Å². The predicted molar refractivity (Wildman–Crippen MR) is 69.9 cm³/mol. The highest BCUT2D eigenvalue weighted by molar-refractivity contribution is 5.39. The fraction of sp³-hybridized carbons (Fsp3) is 0.571. The number of aryl methyl sites for hydroxylation is 1. The second-order valence-electron chi connectivity index (χ2n) is 4.53. The van der Waals surface area contributed by atoms with E-state index in [0.29, 0.717) is 13.2 Å². The van der Waals surface area contributed by atoms with Crippen molar-refractivity contribution < 1.29 is 14.2 Å². The zero-order valence-electron chi connectivity index (χ0n) is 11.0. The van der Waals surface area contributed by atoms with E-state index in [1.165, 1.54) is 11.1 Å². The third-order valence-corrected chi connectivity index (χ3v) is 3.43. The van der Waals surface area contributed by atoms with E-state index in [4.69, 9.17) is 19.9 Å². The highest BCUT2D eigenvalue weighted by Crippen LogP contribution is 2.32. The zero-order valence-corrected chi connectivity index (χ0v) is 11.0. The van der Waals surface area contributed by atoms with Crippen LogP contribution in [0.15, 0.2) is 18.2 Å². The van der Waals surface area contributed by atoms with E-state index in [-0.39, 0.29) is 12.1 Å². The van der Waals surface area contributed by atoms with Crippen LogP contribution in [0.4, 0.5) is 0 Å². The van der Waals surface area contributed by atoms with Crippen molar-refractivity contribution in [3.05, 3.63) is 29.3 Å². The molecule has 4 nitrogen and oxygen atoms in total. The number of rotatable bonds is 5. The molecule has 4 heteroatoms. The van der Waals surface area contributed by atoms with Gasteiger partial charge in [-0.1, -0.05) is 6.07 Å². The van der Waals surface area contributed by atoms with Crippen molar-refractivity contribution in [1.82, 2.24) is 0 Å². The average Bonchev–Trinajstić information content (AvgIpc) is 2.41. The van der Waals surface area contributed by atoms with Gasteiger partial charge in [0.2, 0.25) is 0 Å². The van der Waals surface area contributed by atoms with E-state index in [1.807, 2.05) is 12.1 Å². The number of methoxy groups -OCH3 is 2. The molecular weight excluding hydrogens is 230 g/mol. The van der Waals surface area contributed by atoms with Crippen molar-refractivity contribution in [3.8, 4) is 5.75 Å². The molecule has 1 aromatic rings. The second-order valence-corrected chi connectivity index (χ2v) is 4.53. The zero-order chi connectivity index (χ0) is 13.0. The molecule has 0 aliphatic heterocycles. The van der Waals surface area contributed by atoms with Gasteiger partial charge in [-0.05, 0) is 36.1 Å². The SMILES string of the molecule is COCCOC1CCc2cc(OC)ccc2C1N. The summed E-state index contributed by atoms with van der Waals surface area (Å²) in [6.45, 7) is 1.21. The summed E-state index contributed by atoms with van der Waals surface area (Å²) in [7, 11) is 3.35. The Balaban J connectivity index is 2.06. The minimum absolute atomic E-state index is 0.0588. The highest BCUT2D eigenvalue weighted by atomic mass is 16.5. The molecule has 0 amide bonds. The van der Waals surface area contributed by atoms with Crippen LogP contribution in [-0.4, -0.2) is 33.5 Å². The molecule has 2 rings (SSSR count). The maximum Gasteiger partial charge on any atom is 0.119 e. The molecular formula is C14H21NO3. The first-order valence-corrected chi connectivity index (χ1v) is 6.29. The molecule has 2 unspecified atom stereocenters. The lowest BCUT2D eigenvalue weighted by Gasteiger charge is -2.31. The van der Waals surface area contributed by atoms with Gasteiger partial charge in [0.1, 0.15) is 5.75 Å². The lowest BCUT2D eigenvalue weighted by molar-refractivity contribution is -0.00300. The lowest BCUT2D eigenvalue weighted by atomic mass is 9.86. The topological polar surface area (TPSA) is 53.7 Å². The largest absolute Gasteiger partial charge is 0.497 e. The number of hydrogen-bond acceptors (Lipinski definition) is 4. The Morgan fingerprint density at radius 2 is 2.11 bits per heavy atom. The normalized spacial score (nSPS) is 22.6. The molecule has 1 aliphatic rings. The van der Waals surface area contributed by atoms with Crippen LogP contribution >= 0.6 is 0 Å². The fourth-order valence-corrected chi connectivity index (χ4v) is 2.40. The summed E-state index contributed by atoms with van der Waals surface area (Å²) in [6.07, 6.45) is 2.02. The number of ether oxygens (including phenoxy) is 3. The summed E-state index contributed by atoms with van der Waals surface area (Å²) in [6, 6.07) is 6.01. The van der Waals surface area contributed by atoms with Crippen molar-refractivity contribution >= 4 is 0 Å². The van der Waals surface area contributed by atoms with Gasteiger partial charge >= 0.3 is 0 Å². The fourth-order valence-electron chi connectivity index (χ4n) is 2.40. The van der Waals surface area contributed by atoms with Crippen LogP contribution in [0.2, 0.25) is 0 Å². The first kappa shape index (κ1) is 13.3. The molecule has 100 valence electrons. The number of nitrogens with two attached hydrogens (primary N) is 1. The van der Waals surface area contributed by atoms with Crippen molar-refractivity contribution in [3.63, 3.8) is 0 Å². The molecule has 0 heterocycles. The summed E-state index contributed by atoms with van der Waals surface area (Å²) in [4.78, 5) is 0. The van der Waals surface area contributed by atoms with Crippen molar-refractivity contribution in [2.75, 3.05) is 27.4 Å². The summed E-state index contributed by atoms with van der Waals surface area (Å²) in [5.74, 6) is 0.889. The van der Waals surface area contributed by atoms with Gasteiger partial charge in [0.15, 0.2) is 0 Å². The van der Waals surface area contributed by atoms with Gasteiger partial charge in [-0.2, -0.15) is 0 Å². The predicted octanol–water partition coefficient (Wildman–Crippen LogP) is 1.67. The highest BCUT2D eigenvalue weighted by Gasteiger charge is 2.27. The maximum absolute atomic E-state index is 6.26. The van der Waals surface area contributed by atoms with Gasteiger partial charge in [-0.3, -0.25) is 0 Å². The average molecular weight is 251 g/mol. The summed E-state index contributed by atoms with van der Waals surface area (Å²) in [5, 5.41) is 0. The molecule has 0 spiro atoms. The molecule has 2 atom stereocenters. The molecule has 0 saturated carbocycles. The Kier molecular flexibility index (Phi) is 4.58. The van der Waals surface area contributed by atoms with Gasteiger partial charge in [-0.15, -0.1) is 0 Å². The van der Waals surface area contributed by atoms with Gasteiger partial charge in [0.25, 0.3) is 0 Å². The molecule has 0 fully saturated rings. The van der Waals surface area contributed by atoms with Crippen LogP contribution in [0.5, 0.6) is 5.75 Å². The monoisotopic (exact) mass is 251 g/mol. The Hall–Kier alpha value is -1.10. The van der Waals surface area contributed by atoms with Crippen LogP contribution in [-0.2, 0) is 15.9 Å². The van der Waals surface area contributed by atoms with Crippen LogP contribution in [0.1, 0.15) is 23.6 Å². The molecule has 2 N–H and O–H groups in total. The maximum atomic E-state index is 6.26. The molecule has 18 heavy (non-hydrogen) atoms. The van der Waals surface area contributed by atoms with Gasteiger partial charge in [-0.25, -0.2) is 0 Å². The molecule has 0 radical (unpaired) electrons. The standard InChI is InChI=1S/C14H21NO3/c1-16-7-8-18-13-6-3-10-9-11(17-2)4-5-12(10)14(13)15/h4-5,9,13-14H,3,6-8,15H2,1-2H3. The Morgan fingerprint density at radius 1 is 1.28 bits per heavy atom.